The predicted molar refractivity (Wildman–Crippen MR) is 72.0 cm³/mol. The minimum atomic E-state index is -0.858. The van der Waals surface area contributed by atoms with Crippen molar-refractivity contribution in [1.82, 2.24) is 4.90 Å². The van der Waals surface area contributed by atoms with Crippen LogP contribution in [0.4, 0.5) is 4.39 Å². The van der Waals surface area contributed by atoms with Gasteiger partial charge in [0.1, 0.15) is 5.82 Å². The Morgan fingerprint density at radius 2 is 2.06 bits per heavy atom. The summed E-state index contributed by atoms with van der Waals surface area (Å²) >= 11 is 3.30. The van der Waals surface area contributed by atoms with Crippen molar-refractivity contribution in [3.8, 4) is 0 Å². The molecule has 0 aromatic heterocycles. The summed E-state index contributed by atoms with van der Waals surface area (Å²) in [6.45, 7) is 5.46. The number of nitrogens with zero attached hydrogens (tertiary/aromatic N) is 1. The Hall–Kier alpha value is -0.940. The Bertz CT molecular complexity index is 421. The Kier molecular flexibility index (Phi) is 5.75. The van der Waals surface area contributed by atoms with Crippen molar-refractivity contribution in [2.24, 2.45) is 0 Å². The molecule has 0 aliphatic heterocycles. The molecule has 0 aliphatic rings. The topological polar surface area (TPSA) is 40.5 Å². The summed E-state index contributed by atoms with van der Waals surface area (Å²) in [6, 6.07) is 4.13. The van der Waals surface area contributed by atoms with Crippen molar-refractivity contribution < 1.29 is 14.3 Å². The Labute approximate surface area is 115 Å². The Balaban J connectivity index is 3.11. The van der Waals surface area contributed by atoms with Gasteiger partial charge in [-0.05, 0) is 30.8 Å². The van der Waals surface area contributed by atoms with Crippen molar-refractivity contribution in [2.45, 2.75) is 26.3 Å². The number of carboxylic acid groups (broad SMARTS) is 1. The maximum absolute atomic E-state index is 13.1. The molecule has 100 valence electrons. The second kappa shape index (κ2) is 6.85. The van der Waals surface area contributed by atoms with Crippen molar-refractivity contribution in [3.63, 3.8) is 0 Å². The molecule has 3 nitrogen and oxygen atoms in total. The minimum absolute atomic E-state index is 0.00587. The summed E-state index contributed by atoms with van der Waals surface area (Å²) < 4.78 is 13.7. The van der Waals surface area contributed by atoms with Gasteiger partial charge in [-0.2, -0.15) is 0 Å². The molecule has 1 unspecified atom stereocenters. The lowest BCUT2D eigenvalue weighted by atomic mass is 10.0. The minimum Gasteiger partial charge on any atom is -0.481 e. The molecule has 0 fully saturated rings. The average Bonchev–Trinajstić information content (AvgIpc) is 2.29. The van der Waals surface area contributed by atoms with Crippen LogP contribution in [-0.2, 0) is 4.79 Å². The largest absolute Gasteiger partial charge is 0.481 e. The first-order valence-corrected chi connectivity index (χ1v) is 6.69. The smallest absolute Gasteiger partial charge is 0.305 e. The quantitative estimate of drug-likeness (QED) is 0.873. The molecule has 0 bridgehead atoms. The van der Waals surface area contributed by atoms with Gasteiger partial charge in [-0.25, -0.2) is 4.39 Å². The second-order valence-electron chi connectivity index (χ2n) is 4.00. The van der Waals surface area contributed by atoms with Crippen molar-refractivity contribution in [3.05, 3.63) is 34.1 Å². The SMILES string of the molecule is CCN(CC)C(CC(=O)O)c1ccc(F)cc1Br. The zero-order valence-electron chi connectivity index (χ0n) is 10.5. The predicted octanol–water partition coefficient (Wildman–Crippen LogP) is 3.45. The maximum Gasteiger partial charge on any atom is 0.305 e. The van der Waals surface area contributed by atoms with Crippen LogP contribution < -0.4 is 0 Å². The third-order valence-corrected chi connectivity index (χ3v) is 3.63. The number of carboxylic acids is 1. The zero-order chi connectivity index (χ0) is 13.7. The lowest BCUT2D eigenvalue weighted by molar-refractivity contribution is -0.138. The van der Waals surface area contributed by atoms with Crippen LogP contribution >= 0.6 is 15.9 Å². The number of halogens is 2. The molecule has 18 heavy (non-hydrogen) atoms. The molecule has 0 radical (unpaired) electrons. The fraction of sp³-hybridized carbons (Fsp3) is 0.462. The number of rotatable bonds is 6. The molecule has 0 saturated carbocycles. The van der Waals surface area contributed by atoms with E-state index < -0.39 is 5.97 Å². The van der Waals surface area contributed by atoms with Gasteiger partial charge in [0.15, 0.2) is 0 Å². The molecule has 5 heteroatoms. The maximum atomic E-state index is 13.1. The van der Waals surface area contributed by atoms with Crippen LogP contribution in [0.5, 0.6) is 0 Å². The molecule has 1 N–H and O–H groups in total. The van der Waals surface area contributed by atoms with Crippen LogP contribution in [0, 0.1) is 5.82 Å². The van der Waals surface area contributed by atoms with E-state index in [2.05, 4.69) is 15.9 Å². The van der Waals surface area contributed by atoms with E-state index in [9.17, 15) is 9.18 Å². The van der Waals surface area contributed by atoms with E-state index in [4.69, 9.17) is 5.11 Å². The lowest BCUT2D eigenvalue weighted by Crippen LogP contribution is -2.30. The summed E-state index contributed by atoms with van der Waals surface area (Å²) in [5.41, 5.74) is 0.808. The van der Waals surface area contributed by atoms with Crippen LogP contribution in [0.15, 0.2) is 22.7 Å². The van der Waals surface area contributed by atoms with Crippen molar-refractivity contribution in [2.75, 3.05) is 13.1 Å². The monoisotopic (exact) mass is 317 g/mol. The Morgan fingerprint density at radius 1 is 1.44 bits per heavy atom. The highest BCUT2D eigenvalue weighted by atomic mass is 79.9. The molecule has 0 aliphatic carbocycles. The third-order valence-electron chi connectivity index (χ3n) is 2.94. The van der Waals surface area contributed by atoms with Gasteiger partial charge in [0.2, 0.25) is 0 Å². The molecule has 1 rings (SSSR count). The van der Waals surface area contributed by atoms with E-state index in [1.54, 1.807) is 6.07 Å². The van der Waals surface area contributed by atoms with E-state index in [0.29, 0.717) is 4.47 Å². The summed E-state index contributed by atoms with van der Waals surface area (Å²) in [6.07, 6.45) is 0.00587. The summed E-state index contributed by atoms with van der Waals surface area (Å²) in [4.78, 5) is 13.0. The number of benzene rings is 1. The standard InChI is InChI=1S/C13H17BrFNO2/c1-3-16(4-2)12(8-13(17)18)10-6-5-9(15)7-11(10)14/h5-7,12H,3-4,8H2,1-2H3,(H,17,18). The molecule has 1 atom stereocenters. The van der Waals surface area contributed by atoms with Crippen LogP contribution in [-0.4, -0.2) is 29.1 Å². The summed E-state index contributed by atoms with van der Waals surface area (Å²) in [5, 5.41) is 9.01. The van der Waals surface area contributed by atoms with Crippen molar-refractivity contribution >= 4 is 21.9 Å². The van der Waals surface area contributed by atoms with E-state index in [1.807, 2.05) is 18.7 Å². The number of carbonyl (C=O) groups is 1. The fourth-order valence-electron chi connectivity index (χ4n) is 2.04. The molecule has 0 spiro atoms. The normalized spacial score (nSPS) is 12.7. The van der Waals surface area contributed by atoms with E-state index >= 15 is 0 Å². The first kappa shape index (κ1) is 15.1. The van der Waals surface area contributed by atoms with Gasteiger partial charge >= 0.3 is 5.97 Å². The number of hydrogen-bond acceptors (Lipinski definition) is 2. The first-order chi connectivity index (χ1) is 8.49. The fourth-order valence-corrected chi connectivity index (χ4v) is 2.65. The highest BCUT2D eigenvalue weighted by Crippen LogP contribution is 2.30. The highest BCUT2D eigenvalue weighted by molar-refractivity contribution is 9.10. The molecular weight excluding hydrogens is 301 g/mol. The van der Waals surface area contributed by atoms with Gasteiger partial charge in [0.25, 0.3) is 0 Å². The van der Waals surface area contributed by atoms with E-state index in [-0.39, 0.29) is 18.3 Å². The van der Waals surface area contributed by atoms with Crippen LogP contribution in [0.2, 0.25) is 0 Å². The third kappa shape index (κ3) is 3.78. The van der Waals surface area contributed by atoms with Crippen LogP contribution in [0.3, 0.4) is 0 Å². The molecule has 0 heterocycles. The van der Waals surface area contributed by atoms with Gasteiger partial charge in [-0.1, -0.05) is 35.8 Å². The van der Waals surface area contributed by atoms with Gasteiger partial charge < -0.3 is 5.11 Å². The molecule has 1 aromatic rings. The lowest BCUT2D eigenvalue weighted by Gasteiger charge is -2.29. The number of aliphatic carboxylic acids is 1. The first-order valence-electron chi connectivity index (χ1n) is 5.90. The van der Waals surface area contributed by atoms with Crippen LogP contribution in [0.1, 0.15) is 31.9 Å². The molecule has 0 saturated heterocycles. The van der Waals surface area contributed by atoms with Gasteiger partial charge in [0.05, 0.1) is 6.42 Å². The number of hydrogen-bond donors (Lipinski definition) is 1. The van der Waals surface area contributed by atoms with Gasteiger partial charge in [-0.3, -0.25) is 9.69 Å². The molecule has 1 aromatic carbocycles. The van der Waals surface area contributed by atoms with Gasteiger partial charge in [0, 0.05) is 10.5 Å². The summed E-state index contributed by atoms with van der Waals surface area (Å²) in [5.74, 6) is -1.19. The van der Waals surface area contributed by atoms with Crippen molar-refractivity contribution in [1.29, 1.82) is 0 Å². The van der Waals surface area contributed by atoms with E-state index in [1.165, 1.54) is 12.1 Å². The second-order valence-corrected chi connectivity index (χ2v) is 4.86. The molecule has 0 amide bonds. The van der Waals surface area contributed by atoms with Crippen LogP contribution in [0.25, 0.3) is 0 Å². The average molecular weight is 318 g/mol. The van der Waals surface area contributed by atoms with E-state index in [0.717, 1.165) is 18.7 Å². The van der Waals surface area contributed by atoms with Gasteiger partial charge in [-0.15, -0.1) is 0 Å². The summed E-state index contributed by atoms with van der Waals surface area (Å²) in [7, 11) is 0. The Morgan fingerprint density at radius 3 is 2.50 bits per heavy atom. The molecular formula is C13H17BrFNO2. The highest BCUT2D eigenvalue weighted by Gasteiger charge is 2.23. The zero-order valence-corrected chi connectivity index (χ0v) is 12.1.